The van der Waals surface area contributed by atoms with Gasteiger partial charge in [-0.3, -0.25) is 0 Å². The Kier molecular flexibility index (Phi) is 19.9. The van der Waals surface area contributed by atoms with E-state index >= 15 is 0 Å². The van der Waals surface area contributed by atoms with E-state index in [-0.39, 0.29) is 31.0 Å². The standard InChI is InChI=1S/C2H8Si.Na.H/c1-2-3;;/h2H2,1,3H3;;/q;+1;-1. The minimum absolute atomic E-state index is 0. The average Bonchev–Trinajstić information content (AvgIpc) is 0.918. The Hall–Kier alpha value is 1.22. The van der Waals surface area contributed by atoms with Crippen molar-refractivity contribution in [2.24, 2.45) is 0 Å². The van der Waals surface area contributed by atoms with Crippen LogP contribution in [0, 0.1) is 0 Å². The summed E-state index contributed by atoms with van der Waals surface area (Å²) in [4.78, 5) is 0. The van der Waals surface area contributed by atoms with Crippen molar-refractivity contribution < 1.29 is 31.0 Å². The van der Waals surface area contributed by atoms with E-state index in [4.69, 9.17) is 0 Å². The minimum Gasteiger partial charge on any atom is -1.00 e. The van der Waals surface area contributed by atoms with Crippen molar-refractivity contribution in [3.8, 4) is 0 Å². The van der Waals surface area contributed by atoms with E-state index in [9.17, 15) is 0 Å². The molecule has 0 aliphatic rings. The van der Waals surface area contributed by atoms with Crippen LogP contribution in [0.1, 0.15) is 8.35 Å². The molecule has 0 saturated heterocycles. The Morgan fingerprint density at radius 2 is 2.00 bits per heavy atom. The predicted molar refractivity (Wildman–Crippen MR) is 21.5 cm³/mol. The topological polar surface area (TPSA) is 0 Å². The molecule has 0 aliphatic heterocycles. The van der Waals surface area contributed by atoms with Gasteiger partial charge in [0.25, 0.3) is 0 Å². The first-order valence-corrected chi connectivity index (χ1v) is 2.83. The Morgan fingerprint density at radius 1 is 2.00 bits per heavy atom. The zero-order valence-electron chi connectivity index (χ0n) is 4.71. The van der Waals surface area contributed by atoms with Crippen LogP contribution in [0.5, 0.6) is 0 Å². The molecule has 22 valence electrons. The molecule has 0 aliphatic carbocycles. The van der Waals surface area contributed by atoms with E-state index < -0.39 is 0 Å². The van der Waals surface area contributed by atoms with Gasteiger partial charge in [-0.05, 0) is 0 Å². The molecule has 0 aromatic rings. The maximum Gasteiger partial charge on any atom is 1.00 e. The van der Waals surface area contributed by atoms with Crippen molar-refractivity contribution in [3.63, 3.8) is 0 Å². The molecule has 0 heterocycles. The summed E-state index contributed by atoms with van der Waals surface area (Å²) in [6.45, 7) is 2.19. The van der Waals surface area contributed by atoms with Crippen molar-refractivity contribution in [1.29, 1.82) is 0 Å². The van der Waals surface area contributed by atoms with Gasteiger partial charge < -0.3 is 1.43 Å². The molecule has 0 spiro atoms. The molecule has 0 radical (unpaired) electrons. The summed E-state index contributed by atoms with van der Waals surface area (Å²) in [6, 6.07) is 1.39. The molecule has 0 atom stereocenters. The fraction of sp³-hybridized carbons (Fsp3) is 1.00. The van der Waals surface area contributed by atoms with E-state index in [0.717, 1.165) is 0 Å². The van der Waals surface area contributed by atoms with Crippen LogP contribution in [0.25, 0.3) is 0 Å². The number of hydrogen-bond donors (Lipinski definition) is 0. The smallest absolute Gasteiger partial charge is 1.00 e. The molecule has 4 heavy (non-hydrogen) atoms. The SMILES string of the molecule is CC[SiH3].[H-].[Na+]. The summed E-state index contributed by atoms with van der Waals surface area (Å²) in [6.07, 6.45) is 0. The van der Waals surface area contributed by atoms with E-state index in [1.54, 1.807) is 0 Å². The minimum atomic E-state index is 0. The van der Waals surface area contributed by atoms with Crippen LogP contribution < -0.4 is 29.6 Å². The van der Waals surface area contributed by atoms with E-state index in [2.05, 4.69) is 6.92 Å². The van der Waals surface area contributed by atoms with E-state index in [1.807, 2.05) is 0 Å². The van der Waals surface area contributed by atoms with Gasteiger partial charge in [-0.2, -0.15) is 0 Å². The summed E-state index contributed by atoms with van der Waals surface area (Å²) in [7, 11) is 1.37. The van der Waals surface area contributed by atoms with Gasteiger partial charge in [-0.1, -0.05) is 13.0 Å². The number of rotatable bonds is 0. The van der Waals surface area contributed by atoms with Crippen molar-refractivity contribution in [3.05, 3.63) is 0 Å². The zero-order chi connectivity index (χ0) is 2.71. The molecule has 2 heteroatoms. The molecular formula is C2H9NaSi. The molecule has 0 rings (SSSR count). The fourth-order valence-electron chi connectivity index (χ4n) is 0. The summed E-state index contributed by atoms with van der Waals surface area (Å²) < 4.78 is 0. The molecular weight excluding hydrogens is 75.1 g/mol. The monoisotopic (exact) mass is 84.0 g/mol. The van der Waals surface area contributed by atoms with Crippen LogP contribution in [-0.2, 0) is 0 Å². The Labute approximate surface area is 54.2 Å². The Balaban J connectivity index is -0.0000000200. The molecule has 0 aromatic heterocycles. The third kappa shape index (κ3) is 10.7. The van der Waals surface area contributed by atoms with Crippen LogP contribution >= 0.6 is 0 Å². The molecule has 0 N–H and O–H groups in total. The summed E-state index contributed by atoms with van der Waals surface area (Å²) >= 11 is 0. The van der Waals surface area contributed by atoms with E-state index in [1.165, 1.54) is 16.3 Å². The predicted octanol–water partition coefficient (Wildman–Crippen LogP) is -3.09. The second-order valence-corrected chi connectivity index (χ2v) is 2.12. The molecule has 0 fully saturated rings. The fourth-order valence-corrected chi connectivity index (χ4v) is 0. The number of hydrogen-bond acceptors (Lipinski definition) is 0. The molecule has 0 amide bonds. The van der Waals surface area contributed by atoms with Gasteiger partial charge in [0.05, 0.1) is 0 Å². The normalized spacial score (nSPS) is 5.25. The van der Waals surface area contributed by atoms with Gasteiger partial charge >= 0.3 is 29.6 Å². The van der Waals surface area contributed by atoms with Crippen molar-refractivity contribution in [1.82, 2.24) is 0 Å². The van der Waals surface area contributed by atoms with E-state index in [0.29, 0.717) is 0 Å². The van der Waals surface area contributed by atoms with Gasteiger partial charge in [0.15, 0.2) is 0 Å². The summed E-state index contributed by atoms with van der Waals surface area (Å²) in [5.74, 6) is 0. The maximum atomic E-state index is 2.19. The molecule has 0 bridgehead atoms. The van der Waals surface area contributed by atoms with Crippen LogP contribution in [0.15, 0.2) is 0 Å². The molecule has 0 saturated carbocycles. The van der Waals surface area contributed by atoms with Crippen molar-refractivity contribution in [2.75, 3.05) is 0 Å². The van der Waals surface area contributed by atoms with Gasteiger partial charge in [0.1, 0.15) is 0 Å². The van der Waals surface area contributed by atoms with Crippen LogP contribution in [-0.4, -0.2) is 10.2 Å². The van der Waals surface area contributed by atoms with Crippen molar-refractivity contribution >= 4 is 10.2 Å². The second kappa shape index (κ2) is 8.88. The first-order chi connectivity index (χ1) is 1.41. The van der Waals surface area contributed by atoms with Crippen molar-refractivity contribution in [2.45, 2.75) is 13.0 Å². The molecule has 0 unspecified atom stereocenters. The molecule has 0 aromatic carbocycles. The second-order valence-electron chi connectivity index (χ2n) is 0.707. The third-order valence-electron chi connectivity index (χ3n) is 0. The maximum absolute atomic E-state index is 2.19. The zero-order valence-corrected chi connectivity index (χ0v) is 7.71. The van der Waals surface area contributed by atoms with Gasteiger partial charge in [-0.25, -0.2) is 0 Å². The van der Waals surface area contributed by atoms with Crippen LogP contribution in [0.4, 0.5) is 0 Å². The Morgan fingerprint density at radius 3 is 2.00 bits per heavy atom. The average molecular weight is 84.2 g/mol. The van der Waals surface area contributed by atoms with Crippen LogP contribution in [0.3, 0.4) is 0 Å². The van der Waals surface area contributed by atoms with Gasteiger partial charge in [-0.15, -0.1) is 0 Å². The van der Waals surface area contributed by atoms with Gasteiger partial charge in [0, 0.05) is 10.2 Å². The first kappa shape index (κ1) is 8.96. The van der Waals surface area contributed by atoms with Gasteiger partial charge in [0.2, 0.25) is 0 Å². The summed E-state index contributed by atoms with van der Waals surface area (Å²) in [5, 5.41) is 0. The van der Waals surface area contributed by atoms with Crippen LogP contribution in [0.2, 0.25) is 6.04 Å². The third-order valence-corrected chi connectivity index (χ3v) is 0. The first-order valence-electron chi connectivity index (χ1n) is 1.41. The quantitative estimate of drug-likeness (QED) is 0.273. The summed E-state index contributed by atoms with van der Waals surface area (Å²) in [5.41, 5.74) is 0. The Bertz CT molecular complexity index is 9.61. The molecule has 0 nitrogen and oxygen atoms in total. The largest absolute Gasteiger partial charge is 1.00 e.